The van der Waals surface area contributed by atoms with Crippen LogP contribution in [0.2, 0.25) is 0 Å². The minimum Gasteiger partial charge on any atom is -0.456 e. The number of aryl methyl sites for hydroxylation is 2. The van der Waals surface area contributed by atoms with Gasteiger partial charge < -0.3 is 14.8 Å². The first-order valence-electron chi connectivity index (χ1n) is 5.42. The number of thioether (sulfide) groups is 1. The Hall–Kier alpha value is -0.940. The number of furan rings is 1. The second-order valence-electron chi connectivity index (χ2n) is 4.48. The summed E-state index contributed by atoms with van der Waals surface area (Å²) in [6.07, 6.45) is 1.91. The molecule has 1 atom stereocenters. The van der Waals surface area contributed by atoms with Gasteiger partial charge in [0.1, 0.15) is 5.76 Å². The topological polar surface area (TPSA) is 62.5 Å². The maximum atomic E-state index is 11.8. The highest BCUT2D eigenvalue weighted by molar-refractivity contribution is 7.98. The molecule has 0 aliphatic carbocycles. The van der Waals surface area contributed by atoms with Crippen LogP contribution in [0, 0.1) is 13.8 Å². The average Bonchev–Trinajstić information content (AvgIpc) is 2.54. The third kappa shape index (κ3) is 4.09. The number of hydrogen-bond acceptors (Lipinski definition) is 4. The van der Waals surface area contributed by atoms with Crippen LogP contribution in [0.15, 0.2) is 10.5 Å². The van der Waals surface area contributed by atoms with Gasteiger partial charge in [-0.1, -0.05) is 0 Å². The summed E-state index contributed by atoms with van der Waals surface area (Å²) in [5.74, 6) is 1.33. The summed E-state index contributed by atoms with van der Waals surface area (Å²) in [7, 11) is 0. The maximum Gasteiger partial charge on any atom is 0.287 e. The van der Waals surface area contributed by atoms with Gasteiger partial charge >= 0.3 is 0 Å². The fourth-order valence-electron chi connectivity index (χ4n) is 1.58. The van der Waals surface area contributed by atoms with E-state index < -0.39 is 5.60 Å². The van der Waals surface area contributed by atoms with E-state index in [-0.39, 0.29) is 12.5 Å². The smallest absolute Gasteiger partial charge is 0.287 e. The standard InChI is InChI=1S/C12H19NO3S/c1-8-5-9(2)16-10(8)11(14)13-6-12(3,15)7-17-4/h5,15H,6-7H2,1-4H3,(H,13,14). The molecule has 1 aromatic rings. The number of aliphatic hydroxyl groups is 1. The number of carbonyl (C=O) groups is 1. The average molecular weight is 257 g/mol. The van der Waals surface area contributed by atoms with Gasteiger partial charge in [-0.2, -0.15) is 11.8 Å². The molecule has 5 heteroatoms. The zero-order valence-electron chi connectivity index (χ0n) is 10.7. The molecular formula is C12H19NO3S. The summed E-state index contributed by atoms with van der Waals surface area (Å²) >= 11 is 1.54. The Morgan fingerprint density at radius 3 is 2.71 bits per heavy atom. The van der Waals surface area contributed by atoms with Crippen LogP contribution in [-0.2, 0) is 0 Å². The summed E-state index contributed by atoms with van der Waals surface area (Å²) in [4.78, 5) is 11.8. The van der Waals surface area contributed by atoms with Gasteiger partial charge in [-0.15, -0.1) is 0 Å². The predicted molar refractivity (Wildman–Crippen MR) is 69.5 cm³/mol. The van der Waals surface area contributed by atoms with Crippen molar-refractivity contribution in [3.8, 4) is 0 Å². The lowest BCUT2D eigenvalue weighted by Crippen LogP contribution is -2.42. The summed E-state index contributed by atoms with van der Waals surface area (Å²) in [6.45, 7) is 5.54. The van der Waals surface area contributed by atoms with Crippen molar-refractivity contribution in [1.82, 2.24) is 5.32 Å². The van der Waals surface area contributed by atoms with E-state index >= 15 is 0 Å². The number of nitrogens with one attached hydrogen (secondary N) is 1. The molecule has 4 nitrogen and oxygen atoms in total. The van der Waals surface area contributed by atoms with Crippen molar-refractivity contribution in [2.24, 2.45) is 0 Å². The molecule has 1 heterocycles. The zero-order valence-corrected chi connectivity index (χ0v) is 11.5. The summed E-state index contributed by atoms with van der Waals surface area (Å²) in [6, 6.07) is 1.81. The first-order valence-corrected chi connectivity index (χ1v) is 6.81. The molecule has 0 aliphatic heterocycles. The number of rotatable bonds is 5. The molecule has 0 saturated carbocycles. The Labute approximate surface area is 106 Å². The molecule has 2 N–H and O–H groups in total. The van der Waals surface area contributed by atoms with E-state index in [9.17, 15) is 9.90 Å². The Balaban J connectivity index is 2.59. The van der Waals surface area contributed by atoms with Crippen molar-refractivity contribution < 1.29 is 14.3 Å². The van der Waals surface area contributed by atoms with Crippen molar-refractivity contribution in [1.29, 1.82) is 0 Å². The quantitative estimate of drug-likeness (QED) is 0.843. The number of hydrogen-bond donors (Lipinski definition) is 2. The van der Waals surface area contributed by atoms with Crippen LogP contribution in [0.1, 0.15) is 28.8 Å². The van der Waals surface area contributed by atoms with E-state index in [1.165, 1.54) is 11.8 Å². The molecule has 0 fully saturated rings. The SMILES string of the molecule is CSCC(C)(O)CNC(=O)c1oc(C)cc1C. The molecule has 1 rings (SSSR count). The highest BCUT2D eigenvalue weighted by atomic mass is 32.2. The van der Waals surface area contributed by atoms with Gasteiger partial charge in [-0.05, 0) is 33.1 Å². The second kappa shape index (κ2) is 5.60. The molecule has 96 valence electrons. The van der Waals surface area contributed by atoms with E-state index in [0.29, 0.717) is 17.3 Å². The summed E-state index contributed by atoms with van der Waals surface area (Å²) in [5, 5.41) is 12.6. The zero-order chi connectivity index (χ0) is 13.1. The van der Waals surface area contributed by atoms with Gasteiger partial charge in [0.25, 0.3) is 5.91 Å². The van der Waals surface area contributed by atoms with E-state index in [0.717, 1.165) is 5.56 Å². The molecule has 0 aliphatic rings. The van der Waals surface area contributed by atoms with Crippen molar-refractivity contribution in [3.05, 3.63) is 23.2 Å². The molecule has 0 saturated heterocycles. The van der Waals surface area contributed by atoms with E-state index in [1.54, 1.807) is 13.8 Å². The Bertz CT molecular complexity index is 398. The summed E-state index contributed by atoms with van der Waals surface area (Å²) < 4.78 is 5.30. The third-order valence-electron chi connectivity index (χ3n) is 2.33. The number of carbonyl (C=O) groups excluding carboxylic acids is 1. The van der Waals surface area contributed by atoms with Crippen LogP contribution < -0.4 is 5.32 Å². The lowest BCUT2D eigenvalue weighted by atomic mass is 10.1. The molecule has 0 bridgehead atoms. The molecule has 1 amide bonds. The van der Waals surface area contributed by atoms with Crippen molar-refractivity contribution in [2.45, 2.75) is 26.4 Å². The first kappa shape index (κ1) is 14.1. The monoisotopic (exact) mass is 257 g/mol. The fraction of sp³-hybridized carbons (Fsp3) is 0.583. The second-order valence-corrected chi connectivity index (χ2v) is 5.35. The third-order valence-corrected chi connectivity index (χ3v) is 3.24. The largest absolute Gasteiger partial charge is 0.456 e. The van der Waals surface area contributed by atoms with Crippen LogP contribution in [0.3, 0.4) is 0 Å². The lowest BCUT2D eigenvalue weighted by molar-refractivity contribution is 0.0709. The van der Waals surface area contributed by atoms with Crippen LogP contribution in [0.5, 0.6) is 0 Å². The van der Waals surface area contributed by atoms with E-state index in [4.69, 9.17) is 4.42 Å². The van der Waals surface area contributed by atoms with Gasteiger partial charge in [-0.3, -0.25) is 4.79 Å². The van der Waals surface area contributed by atoms with Gasteiger partial charge in [0.2, 0.25) is 0 Å². The van der Waals surface area contributed by atoms with Crippen LogP contribution in [0.25, 0.3) is 0 Å². The first-order chi connectivity index (χ1) is 7.85. The minimum absolute atomic E-state index is 0.214. The highest BCUT2D eigenvalue weighted by Crippen LogP contribution is 2.14. The highest BCUT2D eigenvalue weighted by Gasteiger charge is 2.22. The molecule has 0 radical (unpaired) electrons. The van der Waals surface area contributed by atoms with E-state index in [1.807, 2.05) is 19.2 Å². The minimum atomic E-state index is -0.898. The van der Waals surface area contributed by atoms with Gasteiger partial charge in [0.05, 0.1) is 5.60 Å². The number of amides is 1. The summed E-state index contributed by atoms with van der Waals surface area (Å²) in [5.41, 5.74) is -0.0885. The van der Waals surface area contributed by atoms with Crippen molar-refractivity contribution >= 4 is 17.7 Å². The van der Waals surface area contributed by atoms with Crippen molar-refractivity contribution in [2.75, 3.05) is 18.6 Å². The lowest BCUT2D eigenvalue weighted by Gasteiger charge is -2.22. The Morgan fingerprint density at radius 2 is 2.24 bits per heavy atom. The van der Waals surface area contributed by atoms with Crippen LogP contribution >= 0.6 is 11.8 Å². The van der Waals surface area contributed by atoms with E-state index in [2.05, 4.69) is 5.32 Å². The van der Waals surface area contributed by atoms with Gasteiger partial charge in [-0.25, -0.2) is 0 Å². The van der Waals surface area contributed by atoms with Crippen LogP contribution in [-0.4, -0.2) is 35.2 Å². The molecule has 0 aromatic carbocycles. The maximum absolute atomic E-state index is 11.8. The molecular weight excluding hydrogens is 238 g/mol. The normalized spacial score (nSPS) is 14.4. The van der Waals surface area contributed by atoms with Gasteiger partial charge in [0.15, 0.2) is 5.76 Å². The molecule has 1 unspecified atom stereocenters. The molecule has 0 spiro atoms. The predicted octanol–water partition coefficient (Wildman–Crippen LogP) is 1.74. The molecule has 17 heavy (non-hydrogen) atoms. The Kier molecular flexibility index (Phi) is 4.65. The fourth-order valence-corrected chi connectivity index (χ4v) is 2.30. The van der Waals surface area contributed by atoms with Crippen molar-refractivity contribution in [3.63, 3.8) is 0 Å². The Morgan fingerprint density at radius 1 is 1.59 bits per heavy atom. The molecule has 1 aromatic heterocycles. The van der Waals surface area contributed by atoms with Crippen LogP contribution in [0.4, 0.5) is 0 Å². The van der Waals surface area contributed by atoms with Gasteiger partial charge in [0, 0.05) is 17.9 Å².